The molecule has 0 saturated carbocycles. The van der Waals surface area contributed by atoms with Gasteiger partial charge >= 0.3 is 0 Å². The van der Waals surface area contributed by atoms with Crippen LogP contribution in [0.25, 0.3) is 0 Å². The van der Waals surface area contributed by atoms with Gasteiger partial charge in [0.2, 0.25) is 0 Å². The van der Waals surface area contributed by atoms with E-state index in [-0.39, 0.29) is 6.61 Å². The molecule has 146 valence electrons. The number of ether oxygens (including phenoxy) is 1. The predicted octanol–water partition coefficient (Wildman–Crippen LogP) is 4.19. The highest BCUT2D eigenvalue weighted by Crippen LogP contribution is 2.16. The van der Waals surface area contributed by atoms with E-state index in [0.717, 1.165) is 17.6 Å². The van der Waals surface area contributed by atoms with E-state index in [2.05, 4.69) is 4.90 Å². The van der Waals surface area contributed by atoms with Gasteiger partial charge in [-0.1, -0.05) is 35.9 Å². The Morgan fingerprint density at radius 2 is 1.96 bits per heavy atom. The molecule has 1 unspecified atom stereocenters. The van der Waals surface area contributed by atoms with Crippen molar-refractivity contribution in [2.24, 2.45) is 0 Å². The van der Waals surface area contributed by atoms with Gasteiger partial charge in [0.25, 0.3) is 0 Å². The molecule has 0 saturated heterocycles. The summed E-state index contributed by atoms with van der Waals surface area (Å²) >= 11 is 6.09. The first kappa shape index (κ1) is 20.1. The van der Waals surface area contributed by atoms with Gasteiger partial charge in [0.05, 0.1) is 12.8 Å². The fourth-order valence-electron chi connectivity index (χ4n) is 2.92. The summed E-state index contributed by atoms with van der Waals surface area (Å²) in [5.74, 6) is 1.37. The zero-order valence-electron chi connectivity index (χ0n) is 15.3. The Morgan fingerprint density at radius 1 is 1.11 bits per heavy atom. The number of hydrogen-bond donors (Lipinski definition) is 1. The van der Waals surface area contributed by atoms with Crippen molar-refractivity contribution in [2.75, 3.05) is 13.2 Å². The van der Waals surface area contributed by atoms with E-state index in [1.54, 1.807) is 30.5 Å². The van der Waals surface area contributed by atoms with E-state index in [0.29, 0.717) is 36.0 Å². The third kappa shape index (κ3) is 6.23. The first-order valence-electron chi connectivity index (χ1n) is 8.97. The van der Waals surface area contributed by atoms with Gasteiger partial charge in [-0.25, -0.2) is 0 Å². The number of halogens is 1. The summed E-state index contributed by atoms with van der Waals surface area (Å²) in [6.07, 6.45) is 1.68. The summed E-state index contributed by atoms with van der Waals surface area (Å²) in [5.41, 5.74) is 1.58. The molecular formula is C22H22ClNO4. The Labute approximate surface area is 169 Å². The number of carbonyl (C=O) groups is 1. The first-order valence-corrected chi connectivity index (χ1v) is 9.35. The zero-order chi connectivity index (χ0) is 19.8. The number of aliphatic hydroxyl groups is 1. The summed E-state index contributed by atoms with van der Waals surface area (Å²) in [6.45, 7) is 1.67. The van der Waals surface area contributed by atoms with Gasteiger partial charge < -0.3 is 14.3 Å². The maximum Gasteiger partial charge on any atom is 0.150 e. The molecular weight excluding hydrogens is 378 g/mol. The lowest BCUT2D eigenvalue weighted by Gasteiger charge is -2.24. The fourth-order valence-corrected chi connectivity index (χ4v) is 3.14. The molecule has 2 aromatic carbocycles. The van der Waals surface area contributed by atoms with Gasteiger partial charge in [-0.3, -0.25) is 9.69 Å². The average Bonchev–Trinajstić information content (AvgIpc) is 3.19. The highest BCUT2D eigenvalue weighted by molar-refractivity contribution is 6.30. The van der Waals surface area contributed by atoms with Crippen molar-refractivity contribution in [3.05, 3.63) is 88.8 Å². The largest absolute Gasteiger partial charge is 0.491 e. The topological polar surface area (TPSA) is 62.9 Å². The smallest absolute Gasteiger partial charge is 0.150 e. The number of nitrogens with zero attached hydrogens (tertiary/aromatic N) is 1. The number of aliphatic hydroxyl groups excluding tert-OH is 1. The molecule has 1 aromatic heterocycles. The van der Waals surface area contributed by atoms with E-state index < -0.39 is 6.10 Å². The van der Waals surface area contributed by atoms with Gasteiger partial charge in [-0.15, -0.1) is 0 Å². The number of hydrogen-bond acceptors (Lipinski definition) is 5. The van der Waals surface area contributed by atoms with Crippen LogP contribution in [-0.4, -0.2) is 35.5 Å². The molecule has 3 aromatic rings. The molecule has 0 aliphatic carbocycles. The molecule has 3 rings (SSSR count). The second-order valence-corrected chi connectivity index (χ2v) is 6.97. The van der Waals surface area contributed by atoms with E-state index in [4.69, 9.17) is 20.8 Å². The van der Waals surface area contributed by atoms with Crippen molar-refractivity contribution in [1.82, 2.24) is 4.90 Å². The molecule has 1 N–H and O–H groups in total. The molecule has 0 bridgehead atoms. The number of rotatable bonds is 10. The van der Waals surface area contributed by atoms with Crippen LogP contribution in [0.15, 0.2) is 71.3 Å². The normalized spacial score (nSPS) is 12.1. The maximum atomic E-state index is 10.9. The minimum atomic E-state index is -0.714. The second kappa shape index (κ2) is 10.1. The van der Waals surface area contributed by atoms with Gasteiger partial charge in [-0.2, -0.15) is 0 Å². The Kier molecular flexibility index (Phi) is 7.25. The lowest BCUT2D eigenvalue weighted by molar-refractivity contribution is 0.0604. The molecule has 1 atom stereocenters. The van der Waals surface area contributed by atoms with Crippen LogP contribution in [-0.2, 0) is 13.1 Å². The molecule has 0 amide bonds. The van der Waals surface area contributed by atoms with Crippen molar-refractivity contribution < 1.29 is 19.1 Å². The monoisotopic (exact) mass is 399 g/mol. The zero-order valence-corrected chi connectivity index (χ0v) is 16.1. The summed E-state index contributed by atoms with van der Waals surface area (Å²) in [4.78, 5) is 12.9. The Hall–Kier alpha value is -2.60. The van der Waals surface area contributed by atoms with E-state index >= 15 is 0 Å². The fraction of sp³-hybridized carbons (Fsp3) is 0.227. The van der Waals surface area contributed by atoms with Gasteiger partial charge in [-0.05, 0) is 42.0 Å². The third-order valence-corrected chi connectivity index (χ3v) is 4.40. The van der Waals surface area contributed by atoms with Crippen LogP contribution in [0.1, 0.15) is 21.7 Å². The third-order valence-electron chi connectivity index (χ3n) is 4.16. The highest BCUT2D eigenvalue weighted by atomic mass is 35.5. The Bertz CT molecular complexity index is 882. The van der Waals surface area contributed by atoms with Crippen molar-refractivity contribution in [1.29, 1.82) is 0 Å². The van der Waals surface area contributed by atoms with Gasteiger partial charge in [0.1, 0.15) is 30.5 Å². The Morgan fingerprint density at radius 3 is 2.71 bits per heavy atom. The van der Waals surface area contributed by atoms with Crippen molar-refractivity contribution >= 4 is 17.9 Å². The van der Waals surface area contributed by atoms with Crippen LogP contribution in [0.2, 0.25) is 5.02 Å². The lowest BCUT2D eigenvalue weighted by atomic mass is 10.2. The second-order valence-electron chi connectivity index (χ2n) is 6.53. The predicted molar refractivity (Wildman–Crippen MR) is 108 cm³/mol. The summed E-state index contributed by atoms with van der Waals surface area (Å²) < 4.78 is 11.1. The molecule has 28 heavy (non-hydrogen) atoms. The van der Waals surface area contributed by atoms with Gasteiger partial charge in [0, 0.05) is 23.7 Å². The highest BCUT2D eigenvalue weighted by Gasteiger charge is 2.15. The first-order chi connectivity index (χ1) is 13.6. The van der Waals surface area contributed by atoms with E-state index in [9.17, 15) is 9.90 Å². The number of benzene rings is 2. The van der Waals surface area contributed by atoms with Crippen molar-refractivity contribution in [2.45, 2.75) is 19.2 Å². The molecule has 0 spiro atoms. The minimum absolute atomic E-state index is 0.118. The van der Waals surface area contributed by atoms with Crippen LogP contribution in [0.4, 0.5) is 0 Å². The number of aldehydes is 1. The number of furan rings is 1. The minimum Gasteiger partial charge on any atom is -0.491 e. The lowest BCUT2D eigenvalue weighted by Crippen LogP contribution is -2.35. The molecule has 5 nitrogen and oxygen atoms in total. The average molecular weight is 400 g/mol. The summed E-state index contributed by atoms with van der Waals surface area (Å²) in [5, 5.41) is 11.2. The van der Waals surface area contributed by atoms with Crippen molar-refractivity contribution in [3.8, 4) is 5.75 Å². The number of carbonyl (C=O) groups excluding carboxylic acids is 1. The van der Waals surface area contributed by atoms with Crippen LogP contribution in [0.3, 0.4) is 0 Å². The molecule has 0 aliphatic heterocycles. The van der Waals surface area contributed by atoms with Crippen molar-refractivity contribution in [3.63, 3.8) is 0 Å². The van der Waals surface area contributed by atoms with Crippen LogP contribution in [0, 0.1) is 0 Å². The SMILES string of the molecule is O=Cc1cccc(OCC(O)CN(Cc2cccc(Cl)c2)Cc2ccco2)c1. The quantitative estimate of drug-likeness (QED) is 0.518. The van der Waals surface area contributed by atoms with Gasteiger partial charge in [0.15, 0.2) is 0 Å². The van der Waals surface area contributed by atoms with Crippen LogP contribution < -0.4 is 4.74 Å². The summed E-state index contributed by atoms with van der Waals surface area (Å²) in [6, 6.07) is 18.2. The molecule has 6 heteroatoms. The Balaban J connectivity index is 1.61. The summed E-state index contributed by atoms with van der Waals surface area (Å²) in [7, 11) is 0. The molecule has 0 aliphatic rings. The van der Waals surface area contributed by atoms with Crippen LogP contribution >= 0.6 is 11.6 Å². The molecule has 0 fully saturated rings. The molecule has 1 heterocycles. The van der Waals surface area contributed by atoms with E-state index in [1.807, 2.05) is 36.4 Å². The standard InChI is InChI=1S/C22H22ClNO4/c23-19-6-1-4-17(10-19)12-24(14-22-8-3-9-27-22)13-20(26)16-28-21-7-2-5-18(11-21)15-25/h1-11,15,20,26H,12-14,16H2. The maximum absolute atomic E-state index is 10.9. The van der Waals surface area contributed by atoms with Crippen LogP contribution in [0.5, 0.6) is 5.75 Å². The van der Waals surface area contributed by atoms with E-state index in [1.165, 1.54) is 0 Å². The molecule has 0 radical (unpaired) electrons.